The van der Waals surface area contributed by atoms with E-state index in [2.05, 4.69) is 43.6 Å². The first-order chi connectivity index (χ1) is 14.5. The third kappa shape index (κ3) is 4.49. The van der Waals surface area contributed by atoms with Crippen molar-refractivity contribution in [3.05, 3.63) is 47.1 Å². The molecule has 0 saturated heterocycles. The highest BCUT2D eigenvalue weighted by Crippen LogP contribution is 2.67. The van der Waals surface area contributed by atoms with Gasteiger partial charge < -0.3 is 15.3 Å². The number of allylic oxidation sites excluding steroid dienone is 5. The van der Waals surface area contributed by atoms with Crippen LogP contribution in [0.1, 0.15) is 78.6 Å². The van der Waals surface area contributed by atoms with Crippen molar-refractivity contribution in [3.63, 3.8) is 0 Å². The molecule has 4 rings (SSSR count). The van der Waals surface area contributed by atoms with Crippen LogP contribution in [0.4, 0.5) is 0 Å². The average molecular weight is 423 g/mol. The fraction of sp³-hybridized carbons (Fsp3) is 0.643. The standard InChI is InChI=1S/C28H38O3/c1-19-21(17-22(29)18-24(19)30)9-8-20-7-5-13-27(4)23(20)10-11-25(27)28(15-16-28)14-6-12-26(2,3)31/h8-9,11,22-24,29-31H,1,5,7,10,13-18H2,2-4H3/b20-8+,21-9-/t22?,23?,24-,27-/m0/s1. The quantitative estimate of drug-likeness (QED) is 0.443. The van der Waals surface area contributed by atoms with Gasteiger partial charge in [0.1, 0.15) is 5.60 Å². The van der Waals surface area contributed by atoms with Gasteiger partial charge in [0, 0.05) is 18.3 Å². The summed E-state index contributed by atoms with van der Waals surface area (Å²) in [5, 5.41) is 30.1. The van der Waals surface area contributed by atoms with Crippen molar-refractivity contribution in [1.82, 2.24) is 0 Å². The zero-order valence-corrected chi connectivity index (χ0v) is 19.4. The van der Waals surface area contributed by atoms with E-state index in [0.29, 0.717) is 18.8 Å². The van der Waals surface area contributed by atoms with Crippen LogP contribution in [0.5, 0.6) is 0 Å². The molecule has 0 heterocycles. The van der Waals surface area contributed by atoms with Gasteiger partial charge in [0.2, 0.25) is 0 Å². The molecule has 3 heteroatoms. The highest BCUT2D eigenvalue weighted by molar-refractivity contribution is 5.42. The van der Waals surface area contributed by atoms with Crippen LogP contribution in [0.3, 0.4) is 0 Å². The summed E-state index contributed by atoms with van der Waals surface area (Å²) in [4.78, 5) is 0. The molecule has 2 unspecified atom stereocenters. The van der Waals surface area contributed by atoms with Crippen molar-refractivity contribution in [2.45, 2.75) is 96.4 Å². The molecule has 0 spiro atoms. The summed E-state index contributed by atoms with van der Waals surface area (Å²) in [6, 6.07) is 0. The number of hydrogen-bond acceptors (Lipinski definition) is 3. The summed E-state index contributed by atoms with van der Waals surface area (Å²) < 4.78 is 0. The smallest absolute Gasteiger partial charge is 0.119 e. The Kier molecular flexibility index (Phi) is 5.88. The number of fused-ring (bicyclic) bond motifs is 1. The molecule has 3 N–H and O–H groups in total. The van der Waals surface area contributed by atoms with Crippen molar-refractivity contribution in [2.24, 2.45) is 16.7 Å². The van der Waals surface area contributed by atoms with Gasteiger partial charge in [-0.1, -0.05) is 54.7 Å². The maximum absolute atomic E-state index is 10.1. The van der Waals surface area contributed by atoms with Gasteiger partial charge in [-0.15, -0.1) is 0 Å². The van der Waals surface area contributed by atoms with E-state index >= 15 is 0 Å². The second-order valence-electron chi connectivity index (χ2n) is 11.1. The predicted octanol–water partition coefficient (Wildman–Crippen LogP) is 4.99. The molecule has 4 aliphatic rings. The van der Waals surface area contributed by atoms with E-state index in [1.807, 2.05) is 0 Å². The lowest BCUT2D eigenvalue weighted by Crippen LogP contribution is -2.33. The molecule has 0 amide bonds. The first-order valence-corrected chi connectivity index (χ1v) is 11.9. The van der Waals surface area contributed by atoms with E-state index in [9.17, 15) is 15.3 Å². The third-order valence-corrected chi connectivity index (χ3v) is 8.06. The third-order valence-electron chi connectivity index (χ3n) is 8.06. The highest BCUT2D eigenvalue weighted by atomic mass is 16.3. The number of rotatable bonds is 3. The van der Waals surface area contributed by atoms with Crippen molar-refractivity contribution in [1.29, 1.82) is 0 Å². The lowest BCUT2D eigenvalue weighted by molar-refractivity contribution is 0.0862. The summed E-state index contributed by atoms with van der Waals surface area (Å²) >= 11 is 0. The van der Waals surface area contributed by atoms with E-state index in [4.69, 9.17) is 0 Å². The van der Waals surface area contributed by atoms with Gasteiger partial charge in [0.25, 0.3) is 0 Å². The maximum atomic E-state index is 10.1. The first kappa shape index (κ1) is 22.6. The molecule has 3 nitrogen and oxygen atoms in total. The van der Waals surface area contributed by atoms with Gasteiger partial charge >= 0.3 is 0 Å². The van der Waals surface area contributed by atoms with Gasteiger partial charge in [-0.2, -0.15) is 0 Å². The van der Waals surface area contributed by atoms with Gasteiger partial charge in [-0.05, 0) is 81.3 Å². The molecule has 31 heavy (non-hydrogen) atoms. The van der Waals surface area contributed by atoms with Crippen LogP contribution in [0.15, 0.2) is 47.1 Å². The number of aliphatic hydroxyl groups excluding tert-OH is 2. The Morgan fingerprint density at radius 3 is 2.65 bits per heavy atom. The summed E-state index contributed by atoms with van der Waals surface area (Å²) in [7, 11) is 0. The SMILES string of the molecule is C=C1/C(=C\C=C2/CCC[C@]3(C)C(C4(CC#CC(C)(C)O)CC4)=CCC23)CC(O)C[C@@H]1O. The normalized spacial score (nSPS) is 37.3. The molecule has 0 aromatic heterocycles. The molecular formula is C28H38O3. The first-order valence-electron chi connectivity index (χ1n) is 11.9. The zero-order valence-electron chi connectivity index (χ0n) is 19.4. The van der Waals surface area contributed by atoms with Gasteiger partial charge in [-0.25, -0.2) is 0 Å². The molecular weight excluding hydrogens is 384 g/mol. The van der Waals surface area contributed by atoms with Crippen LogP contribution in [0.2, 0.25) is 0 Å². The summed E-state index contributed by atoms with van der Waals surface area (Å²) in [6.07, 6.45) is 14.6. The monoisotopic (exact) mass is 422 g/mol. The Balaban J connectivity index is 1.54. The Morgan fingerprint density at radius 1 is 1.23 bits per heavy atom. The second-order valence-corrected chi connectivity index (χ2v) is 11.1. The molecule has 0 aromatic carbocycles. The minimum absolute atomic E-state index is 0.193. The molecule has 3 saturated carbocycles. The Bertz CT molecular complexity index is 897. The number of aliphatic hydroxyl groups is 3. The molecule has 4 aliphatic carbocycles. The average Bonchev–Trinajstić information content (AvgIpc) is 3.35. The molecule has 0 bridgehead atoms. The fourth-order valence-corrected chi connectivity index (χ4v) is 6.23. The largest absolute Gasteiger partial charge is 0.393 e. The van der Waals surface area contributed by atoms with Crippen molar-refractivity contribution < 1.29 is 15.3 Å². The van der Waals surface area contributed by atoms with Crippen LogP contribution in [-0.2, 0) is 0 Å². The Hall–Kier alpha value is -1.60. The Morgan fingerprint density at radius 2 is 1.97 bits per heavy atom. The molecule has 3 fully saturated rings. The second kappa shape index (κ2) is 8.07. The van der Waals surface area contributed by atoms with E-state index in [-0.39, 0.29) is 10.8 Å². The Labute approximate surface area is 187 Å². The molecule has 4 atom stereocenters. The van der Waals surface area contributed by atoms with Crippen molar-refractivity contribution in [3.8, 4) is 11.8 Å². The molecule has 0 aromatic rings. The topological polar surface area (TPSA) is 60.7 Å². The summed E-state index contributed by atoms with van der Waals surface area (Å²) in [5.74, 6) is 6.83. The van der Waals surface area contributed by atoms with Crippen LogP contribution < -0.4 is 0 Å². The summed E-state index contributed by atoms with van der Waals surface area (Å²) in [6.45, 7) is 10.0. The molecule has 0 radical (unpaired) electrons. The molecule has 0 aliphatic heterocycles. The van der Waals surface area contributed by atoms with Crippen molar-refractivity contribution in [2.75, 3.05) is 0 Å². The van der Waals surface area contributed by atoms with E-state index in [1.165, 1.54) is 31.3 Å². The summed E-state index contributed by atoms with van der Waals surface area (Å²) in [5.41, 5.74) is 4.33. The predicted molar refractivity (Wildman–Crippen MR) is 125 cm³/mol. The van der Waals surface area contributed by atoms with E-state index in [1.54, 1.807) is 19.4 Å². The fourth-order valence-electron chi connectivity index (χ4n) is 6.23. The maximum Gasteiger partial charge on any atom is 0.119 e. The lowest BCUT2D eigenvalue weighted by atomic mass is 9.61. The highest BCUT2D eigenvalue weighted by Gasteiger charge is 2.56. The van der Waals surface area contributed by atoms with Gasteiger partial charge in [0.05, 0.1) is 12.2 Å². The number of hydrogen-bond donors (Lipinski definition) is 3. The van der Waals surface area contributed by atoms with Crippen LogP contribution in [-0.4, -0.2) is 33.1 Å². The minimum Gasteiger partial charge on any atom is -0.393 e. The lowest BCUT2D eigenvalue weighted by Gasteiger charge is -2.43. The van der Waals surface area contributed by atoms with Crippen LogP contribution >= 0.6 is 0 Å². The van der Waals surface area contributed by atoms with Crippen LogP contribution in [0.25, 0.3) is 0 Å². The van der Waals surface area contributed by atoms with Gasteiger partial charge in [-0.3, -0.25) is 0 Å². The van der Waals surface area contributed by atoms with Crippen LogP contribution in [0, 0.1) is 28.6 Å². The van der Waals surface area contributed by atoms with E-state index < -0.39 is 17.8 Å². The van der Waals surface area contributed by atoms with Crippen molar-refractivity contribution >= 4 is 0 Å². The minimum atomic E-state index is -0.925. The molecule has 168 valence electrons. The van der Waals surface area contributed by atoms with E-state index in [0.717, 1.165) is 30.4 Å². The zero-order chi connectivity index (χ0) is 22.4. The van der Waals surface area contributed by atoms with Gasteiger partial charge in [0.15, 0.2) is 0 Å².